The number of nitrogens with zero attached hydrogens (tertiary/aromatic N) is 3. The van der Waals surface area contributed by atoms with Gasteiger partial charge in [0.15, 0.2) is 0 Å². The van der Waals surface area contributed by atoms with E-state index in [2.05, 4.69) is 15.4 Å². The Hall–Kier alpha value is -0.700. The summed E-state index contributed by atoms with van der Waals surface area (Å²) in [6.45, 7) is 0. The molecule has 94 valence electrons. The fraction of sp³-hybridized carbons (Fsp3) is 0.769. The van der Waals surface area contributed by atoms with Crippen LogP contribution in [-0.2, 0) is 0 Å². The standard InChI is InChI=1S/C10H16.C3H3N3.ClH/c1-7-2-9-4-8(1)5-10(3-7)6-9;1-2-4-6-5-3-1;/h7-10H,1-6H2;1-3H;1H. The molecule has 1 aromatic heterocycles. The van der Waals surface area contributed by atoms with E-state index in [4.69, 9.17) is 0 Å². The third-order valence-corrected chi connectivity index (χ3v) is 4.41. The molecule has 0 amide bonds. The number of rotatable bonds is 0. The van der Waals surface area contributed by atoms with Crippen molar-refractivity contribution in [1.29, 1.82) is 0 Å². The van der Waals surface area contributed by atoms with Gasteiger partial charge in [-0.1, -0.05) is 0 Å². The molecule has 4 saturated carbocycles. The summed E-state index contributed by atoms with van der Waals surface area (Å²) >= 11 is 0. The summed E-state index contributed by atoms with van der Waals surface area (Å²) in [5, 5.41) is 10.1. The van der Waals surface area contributed by atoms with Crippen LogP contribution in [0.4, 0.5) is 0 Å². The Morgan fingerprint density at radius 1 is 0.647 bits per heavy atom. The molecule has 0 radical (unpaired) electrons. The van der Waals surface area contributed by atoms with E-state index in [1.54, 1.807) is 57.0 Å². The minimum absolute atomic E-state index is 0. The molecule has 0 aliphatic heterocycles. The molecule has 4 fully saturated rings. The fourth-order valence-electron chi connectivity index (χ4n) is 4.19. The molecule has 0 spiro atoms. The van der Waals surface area contributed by atoms with Gasteiger partial charge in [0.25, 0.3) is 0 Å². The van der Waals surface area contributed by atoms with E-state index >= 15 is 0 Å². The summed E-state index contributed by atoms with van der Waals surface area (Å²) in [6.07, 6.45) is 12.8. The van der Waals surface area contributed by atoms with Gasteiger partial charge in [-0.2, -0.15) is 0 Å². The Kier molecular flexibility index (Phi) is 4.32. The predicted octanol–water partition coefficient (Wildman–Crippen LogP) is 3.13. The van der Waals surface area contributed by atoms with Gasteiger partial charge in [0.2, 0.25) is 0 Å². The van der Waals surface area contributed by atoms with Crippen LogP contribution in [0.5, 0.6) is 0 Å². The molecule has 0 aromatic carbocycles. The summed E-state index contributed by atoms with van der Waals surface area (Å²) < 4.78 is 0. The maximum Gasteiger partial charge on any atom is 0.0529 e. The molecule has 4 heteroatoms. The normalized spacial score (nSPS) is 36.7. The molecule has 1 heterocycles. The highest BCUT2D eigenvalue weighted by atomic mass is 35.5. The first-order chi connectivity index (χ1) is 7.90. The van der Waals surface area contributed by atoms with Gasteiger partial charge in [-0.15, -0.1) is 22.6 Å². The zero-order valence-corrected chi connectivity index (χ0v) is 10.9. The van der Waals surface area contributed by atoms with Gasteiger partial charge in [-0.25, -0.2) is 0 Å². The lowest BCUT2D eigenvalue weighted by molar-refractivity contribution is 0.0198. The molecular formula is C13H20ClN3. The highest BCUT2D eigenvalue weighted by molar-refractivity contribution is 5.85. The quantitative estimate of drug-likeness (QED) is 0.713. The van der Waals surface area contributed by atoms with E-state index in [0.29, 0.717) is 0 Å². The second-order valence-electron chi connectivity index (χ2n) is 5.69. The summed E-state index contributed by atoms with van der Waals surface area (Å²) in [7, 11) is 0. The van der Waals surface area contributed by atoms with Gasteiger partial charge in [-0.3, -0.25) is 0 Å². The zero-order valence-electron chi connectivity index (χ0n) is 10.0. The molecular weight excluding hydrogens is 234 g/mol. The lowest BCUT2D eigenvalue weighted by Crippen LogP contribution is -2.38. The maximum absolute atomic E-state index is 3.42. The predicted molar refractivity (Wildman–Crippen MR) is 68.7 cm³/mol. The highest BCUT2D eigenvalue weighted by Crippen LogP contribution is 2.53. The minimum atomic E-state index is 0. The van der Waals surface area contributed by atoms with E-state index < -0.39 is 0 Å². The van der Waals surface area contributed by atoms with Gasteiger partial charge in [0.05, 0.1) is 12.4 Å². The van der Waals surface area contributed by atoms with Gasteiger partial charge in [-0.05, 0) is 73.5 Å². The average Bonchev–Trinajstić information content (AvgIpc) is 2.30. The number of aromatic nitrogens is 3. The molecule has 0 saturated heterocycles. The summed E-state index contributed by atoms with van der Waals surface area (Å²) in [5.41, 5.74) is 0. The van der Waals surface area contributed by atoms with E-state index in [9.17, 15) is 0 Å². The molecule has 4 aliphatic rings. The second-order valence-corrected chi connectivity index (χ2v) is 5.69. The van der Waals surface area contributed by atoms with Gasteiger partial charge in [0.1, 0.15) is 0 Å². The van der Waals surface area contributed by atoms with Crippen molar-refractivity contribution in [3.05, 3.63) is 18.5 Å². The molecule has 4 bridgehead atoms. The van der Waals surface area contributed by atoms with E-state index in [1.165, 1.54) is 23.7 Å². The molecule has 3 nitrogen and oxygen atoms in total. The summed E-state index contributed by atoms with van der Waals surface area (Å²) in [5.74, 6) is 4.71. The van der Waals surface area contributed by atoms with E-state index in [-0.39, 0.29) is 12.4 Å². The second kappa shape index (κ2) is 5.76. The molecule has 0 atom stereocenters. The Morgan fingerprint density at radius 2 is 1.00 bits per heavy atom. The Bertz CT molecular complexity index is 247. The number of halogens is 1. The van der Waals surface area contributed by atoms with Crippen molar-refractivity contribution >= 4 is 12.4 Å². The molecule has 17 heavy (non-hydrogen) atoms. The fourth-order valence-corrected chi connectivity index (χ4v) is 4.19. The SMILES string of the molecule is C1C2CC3CC1CC(C2)C3.Cl.c1cnnnc1. The number of hydrogen-bond donors (Lipinski definition) is 0. The average molecular weight is 254 g/mol. The van der Waals surface area contributed by atoms with Crippen molar-refractivity contribution in [2.75, 3.05) is 0 Å². The molecule has 4 aliphatic carbocycles. The number of hydrogen-bond acceptors (Lipinski definition) is 3. The van der Waals surface area contributed by atoms with Crippen molar-refractivity contribution in [1.82, 2.24) is 15.4 Å². The van der Waals surface area contributed by atoms with Crippen molar-refractivity contribution in [2.24, 2.45) is 23.7 Å². The Morgan fingerprint density at radius 3 is 1.18 bits per heavy atom. The first-order valence-corrected chi connectivity index (χ1v) is 6.48. The van der Waals surface area contributed by atoms with Crippen LogP contribution in [0.1, 0.15) is 38.5 Å². The molecule has 5 rings (SSSR count). The first-order valence-electron chi connectivity index (χ1n) is 6.48. The van der Waals surface area contributed by atoms with Gasteiger partial charge in [0, 0.05) is 0 Å². The van der Waals surface area contributed by atoms with Crippen LogP contribution in [0.3, 0.4) is 0 Å². The van der Waals surface area contributed by atoms with Crippen LogP contribution in [0.2, 0.25) is 0 Å². The molecule has 1 aromatic rings. The van der Waals surface area contributed by atoms with Crippen molar-refractivity contribution in [3.8, 4) is 0 Å². The van der Waals surface area contributed by atoms with Crippen LogP contribution in [0.15, 0.2) is 18.5 Å². The summed E-state index contributed by atoms with van der Waals surface area (Å²) in [6, 6.07) is 1.72. The molecule has 0 N–H and O–H groups in total. The monoisotopic (exact) mass is 253 g/mol. The van der Waals surface area contributed by atoms with Crippen LogP contribution in [0, 0.1) is 23.7 Å². The summed E-state index contributed by atoms with van der Waals surface area (Å²) in [4.78, 5) is 0. The van der Waals surface area contributed by atoms with Crippen LogP contribution in [-0.4, -0.2) is 15.4 Å². The lowest BCUT2D eigenvalue weighted by Gasteiger charge is -2.49. The topological polar surface area (TPSA) is 38.7 Å². The zero-order chi connectivity index (χ0) is 10.8. The highest BCUT2D eigenvalue weighted by Gasteiger charge is 2.41. The third kappa shape index (κ3) is 3.15. The Balaban J connectivity index is 0.000000136. The van der Waals surface area contributed by atoms with Crippen LogP contribution in [0.25, 0.3) is 0 Å². The van der Waals surface area contributed by atoms with Crippen LogP contribution >= 0.6 is 12.4 Å². The molecule has 0 unspecified atom stereocenters. The van der Waals surface area contributed by atoms with E-state index in [0.717, 1.165) is 0 Å². The van der Waals surface area contributed by atoms with Crippen molar-refractivity contribution < 1.29 is 0 Å². The maximum atomic E-state index is 3.42. The van der Waals surface area contributed by atoms with Gasteiger partial charge >= 0.3 is 0 Å². The third-order valence-electron chi connectivity index (χ3n) is 4.41. The smallest absolute Gasteiger partial charge is 0.0529 e. The van der Waals surface area contributed by atoms with Gasteiger partial charge < -0.3 is 0 Å². The van der Waals surface area contributed by atoms with Crippen LogP contribution < -0.4 is 0 Å². The van der Waals surface area contributed by atoms with Crippen molar-refractivity contribution in [3.63, 3.8) is 0 Å². The lowest BCUT2D eigenvalue weighted by atomic mass is 9.56. The first kappa shape index (κ1) is 12.7. The largest absolute Gasteiger partial charge is 0.147 e. The van der Waals surface area contributed by atoms with E-state index in [1.807, 2.05) is 0 Å². The van der Waals surface area contributed by atoms with Crippen molar-refractivity contribution in [2.45, 2.75) is 38.5 Å². The minimum Gasteiger partial charge on any atom is -0.147 e. The Labute approximate surface area is 109 Å².